The van der Waals surface area contributed by atoms with Crippen LogP contribution >= 0.6 is 23.1 Å². The van der Waals surface area contributed by atoms with Crippen molar-refractivity contribution in [2.45, 2.75) is 30.1 Å². The predicted molar refractivity (Wildman–Crippen MR) is 131 cm³/mol. The number of amides is 3. The third kappa shape index (κ3) is 5.46. The number of hydrogen-bond donors (Lipinski definition) is 0. The highest BCUT2D eigenvalue weighted by Gasteiger charge is 2.44. The Labute approximate surface area is 201 Å². The third-order valence-electron chi connectivity index (χ3n) is 5.25. The van der Waals surface area contributed by atoms with E-state index in [1.165, 1.54) is 16.7 Å². The van der Waals surface area contributed by atoms with E-state index in [9.17, 15) is 14.4 Å². The third-order valence-corrected chi connectivity index (χ3v) is 7.37. The van der Waals surface area contributed by atoms with Crippen molar-refractivity contribution in [2.24, 2.45) is 0 Å². The lowest BCUT2D eigenvalue weighted by molar-refractivity contribution is -0.136. The Kier molecular flexibility index (Phi) is 7.47. The van der Waals surface area contributed by atoms with Gasteiger partial charge in [-0.15, -0.1) is 23.1 Å². The second-order valence-corrected chi connectivity index (χ2v) is 9.67. The smallest absolute Gasteiger partial charge is 0.257 e. The zero-order valence-corrected chi connectivity index (χ0v) is 19.8. The largest absolute Gasteiger partial charge is 0.494 e. The average molecular weight is 481 g/mol. The maximum atomic E-state index is 13.4. The van der Waals surface area contributed by atoms with E-state index in [0.29, 0.717) is 18.0 Å². The predicted octanol–water partition coefficient (Wildman–Crippen LogP) is 4.60. The average Bonchev–Trinajstić information content (AvgIpc) is 3.45. The molecule has 6 nitrogen and oxygen atoms in total. The Balaban J connectivity index is 1.55. The highest BCUT2D eigenvalue weighted by molar-refractivity contribution is 8.01. The van der Waals surface area contributed by atoms with Crippen molar-refractivity contribution < 1.29 is 19.1 Å². The molecule has 1 unspecified atom stereocenters. The molecule has 2 heterocycles. The van der Waals surface area contributed by atoms with Crippen molar-refractivity contribution in [1.82, 2.24) is 4.90 Å². The number of hydrogen-bond acceptors (Lipinski definition) is 6. The zero-order chi connectivity index (χ0) is 23.2. The molecule has 8 heteroatoms. The quantitative estimate of drug-likeness (QED) is 0.331. The Bertz CT molecular complexity index is 1100. The van der Waals surface area contributed by atoms with Crippen molar-refractivity contribution in [3.63, 3.8) is 0 Å². The van der Waals surface area contributed by atoms with E-state index in [4.69, 9.17) is 4.74 Å². The van der Waals surface area contributed by atoms with Crippen LogP contribution in [-0.2, 0) is 20.9 Å². The molecule has 170 valence electrons. The summed E-state index contributed by atoms with van der Waals surface area (Å²) in [6.45, 7) is 2.69. The van der Waals surface area contributed by atoms with Crippen molar-refractivity contribution in [3.8, 4) is 5.75 Å². The van der Waals surface area contributed by atoms with Gasteiger partial charge in [-0.1, -0.05) is 36.4 Å². The molecule has 0 aliphatic carbocycles. The van der Waals surface area contributed by atoms with Crippen molar-refractivity contribution in [2.75, 3.05) is 17.3 Å². The zero-order valence-electron chi connectivity index (χ0n) is 18.2. The second kappa shape index (κ2) is 10.7. The molecule has 1 aliphatic heterocycles. The number of nitrogens with zero attached hydrogens (tertiary/aromatic N) is 2. The molecule has 0 spiro atoms. The van der Waals surface area contributed by atoms with E-state index >= 15 is 0 Å². The minimum absolute atomic E-state index is 0.0334. The van der Waals surface area contributed by atoms with Crippen LogP contribution in [0.15, 0.2) is 76.3 Å². The van der Waals surface area contributed by atoms with Gasteiger partial charge in [0.1, 0.15) is 11.8 Å². The summed E-state index contributed by atoms with van der Waals surface area (Å²) in [5.41, 5.74) is 1.39. The molecule has 4 rings (SSSR count). The van der Waals surface area contributed by atoms with Crippen LogP contribution in [0.25, 0.3) is 0 Å². The summed E-state index contributed by atoms with van der Waals surface area (Å²) >= 11 is 3.01. The van der Waals surface area contributed by atoms with Crippen LogP contribution in [0.2, 0.25) is 0 Å². The van der Waals surface area contributed by atoms with Gasteiger partial charge in [0, 0.05) is 6.54 Å². The lowest BCUT2D eigenvalue weighted by Crippen LogP contribution is -2.45. The van der Waals surface area contributed by atoms with Gasteiger partial charge in [0.05, 0.1) is 28.7 Å². The topological polar surface area (TPSA) is 66.9 Å². The molecular formula is C25H24N2O4S2. The normalized spacial score (nSPS) is 15.7. The van der Waals surface area contributed by atoms with E-state index in [0.717, 1.165) is 9.77 Å². The fraction of sp³-hybridized carbons (Fsp3) is 0.240. The molecule has 1 fully saturated rings. The van der Waals surface area contributed by atoms with Gasteiger partial charge >= 0.3 is 0 Å². The first-order valence-corrected chi connectivity index (χ1v) is 12.5. The number of ether oxygens (including phenoxy) is 1. The van der Waals surface area contributed by atoms with Crippen LogP contribution in [0.3, 0.4) is 0 Å². The molecule has 0 saturated carbocycles. The molecule has 3 amide bonds. The highest BCUT2D eigenvalue weighted by atomic mass is 32.2. The molecule has 0 bridgehead atoms. The number of carbonyl (C=O) groups excluding carboxylic acids is 3. The first kappa shape index (κ1) is 23.1. The summed E-state index contributed by atoms with van der Waals surface area (Å²) in [4.78, 5) is 42.2. The molecule has 2 aromatic carbocycles. The molecule has 0 N–H and O–H groups in total. The highest BCUT2D eigenvalue weighted by Crippen LogP contribution is 2.30. The van der Waals surface area contributed by atoms with Gasteiger partial charge in [-0.2, -0.15) is 0 Å². The van der Waals surface area contributed by atoms with Crippen LogP contribution in [-0.4, -0.2) is 41.0 Å². The number of thioether (sulfide) groups is 1. The van der Waals surface area contributed by atoms with Gasteiger partial charge in [0.2, 0.25) is 11.8 Å². The number of anilines is 1. The molecule has 1 aromatic heterocycles. The number of thiophene rings is 1. The summed E-state index contributed by atoms with van der Waals surface area (Å²) in [5.74, 6) is 0.00907. The maximum Gasteiger partial charge on any atom is 0.257 e. The van der Waals surface area contributed by atoms with Crippen molar-refractivity contribution >= 4 is 46.5 Å². The molecule has 1 saturated heterocycles. The standard InChI is InChI=1S/C25H24N2O4S2/c1-2-31-20-12-10-19(11-13-20)27-22(28)15-21(25(27)30)26(16-18-7-4-3-5-8-18)23(29)17-33-24-9-6-14-32-24/h3-14,21H,2,15-17H2,1H3. The van der Waals surface area contributed by atoms with Gasteiger partial charge in [-0.05, 0) is 48.2 Å². The Morgan fingerprint density at radius 1 is 1.09 bits per heavy atom. The van der Waals surface area contributed by atoms with Crippen LogP contribution in [0.4, 0.5) is 5.69 Å². The number of imide groups is 1. The first-order valence-electron chi connectivity index (χ1n) is 10.7. The minimum atomic E-state index is -0.833. The summed E-state index contributed by atoms with van der Waals surface area (Å²) in [7, 11) is 0. The Hall–Kier alpha value is -3.10. The minimum Gasteiger partial charge on any atom is -0.494 e. The number of rotatable bonds is 9. The summed E-state index contributed by atoms with van der Waals surface area (Å²) in [5, 5.41) is 1.96. The van der Waals surface area contributed by atoms with E-state index < -0.39 is 6.04 Å². The molecule has 3 aromatic rings. The monoisotopic (exact) mass is 480 g/mol. The van der Waals surface area contributed by atoms with Crippen LogP contribution in [0, 0.1) is 0 Å². The van der Waals surface area contributed by atoms with Gasteiger partial charge < -0.3 is 9.64 Å². The van der Waals surface area contributed by atoms with E-state index in [-0.39, 0.29) is 36.4 Å². The second-order valence-electron chi connectivity index (χ2n) is 7.44. The Morgan fingerprint density at radius 2 is 1.85 bits per heavy atom. The van der Waals surface area contributed by atoms with Crippen LogP contribution in [0.1, 0.15) is 18.9 Å². The molecule has 0 radical (unpaired) electrons. The van der Waals surface area contributed by atoms with Gasteiger partial charge in [-0.3, -0.25) is 14.4 Å². The lowest BCUT2D eigenvalue weighted by Gasteiger charge is -2.27. The molecule has 1 atom stereocenters. The Morgan fingerprint density at radius 3 is 2.52 bits per heavy atom. The van der Waals surface area contributed by atoms with Crippen LogP contribution in [0.5, 0.6) is 5.75 Å². The van der Waals surface area contributed by atoms with Crippen molar-refractivity contribution in [3.05, 3.63) is 77.7 Å². The fourth-order valence-corrected chi connectivity index (χ4v) is 5.37. The van der Waals surface area contributed by atoms with Gasteiger partial charge in [0.25, 0.3) is 5.91 Å². The molecule has 33 heavy (non-hydrogen) atoms. The summed E-state index contributed by atoms with van der Waals surface area (Å²) in [6.07, 6.45) is -0.0334. The lowest BCUT2D eigenvalue weighted by atomic mass is 10.1. The van der Waals surface area contributed by atoms with E-state index in [1.807, 2.05) is 54.8 Å². The fourth-order valence-electron chi connectivity index (χ4n) is 3.70. The SMILES string of the molecule is CCOc1ccc(N2C(=O)CC(N(Cc3ccccc3)C(=O)CSc3cccs3)C2=O)cc1. The van der Waals surface area contributed by atoms with E-state index in [2.05, 4.69) is 0 Å². The van der Waals surface area contributed by atoms with E-state index in [1.54, 1.807) is 40.5 Å². The van der Waals surface area contributed by atoms with Gasteiger partial charge in [-0.25, -0.2) is 4.90 Å². The first-order chi connectivity index (χ1) is 16.1. The number of benzene rings is 2. The molecular weight excluding hydrogens is 456 g/mol. The summed E-state index contributed by atoms with van der Waals surface area (Å²) < 4.78 is 6.48. The maximum absolute atomic E-state index is 13.4. The van der Waals surface area contributed by atoms with Crippen LogP contribution < -0.4 is 9.64 Å². The van der Waals surface area contributed by atoms with Crippen molar-refractivity contribution in [1.29, 1.82) is 0 Å². The summed E-state index contributed by atoms with van der Waals surface area (Å²) in [6, 6.07) is 19.4. The molecule has 1 aliphatic rings. The number of carbonyl (C=O) groups is 3. The van der Waals surface area contributed by atoms with Gasteiger partial charge in [0.15, 0.2) is 0 Å².